The van der Waals surface area contributed by atoms with E-state index in [1.165, 1.54) is 0 Å². The van der Waals surface area contributed by atoms with Crippen LogP contribution in [0.2, 0.25) is 0 Å². The molecule has 5 heteroatoms. The van der Waals surface area contributed by atoms with E-state index >= 15 is 0 Å². The molecule has 2 unspecified atom stereocenters. The highest BCUT2D eigenvalue weighted by molar-refractivity contribution is 5.82. The summed E-state index contributed by atoms with van der Waals surface area (Å²) in [5, 5.41) is 12.4. The highest BCUT2D eigenvalue weighted by atomic mass is 16.4. The number of rotatable bonds is 7. The number of piperidine rings is 1. The summed E-state index contributed by atoms with van der Waals surface area (Å²) in [7, 11) is 0. The van der Waals surface area contributed by atoms with Gasteiger partial charge in [0, 0.05) is 6.04 Å². The van der Waals surface area contributed by atoms with E-state index in [9.17, 15) is 14.7 Å². The second-order valence-electron chi connectivity index (χ2n) is 6.90. The number of aliphatic carboxylic acids is 1. The molecule has 0 aromatic carbocycles. The number of amides is 1. The van der Waals surface area contributed by atoms with Gasteiger partial charge >= 0.3 is 5.97 Å². The van der Waals surface area contributed by atoms with Crippen molar-refractivity contribution in [2.24, 2.45) is 5.92 Å². The average molecular weight is 298 g/mol. The van der Waals surface area contributed by atoms with Crippen molar-refractivity contribution < 1.29 is 14.7 Å². The van der Waals surface area contributed by atoms with Crippen molar-refractivity contribution in [2.75, 3.05) is 13.1 Å². The van der Waals surface area contributed by atoms with Crippen LogP contribution in [0.1, 0.15) is 59.8 Å². The number of carbonyl (C=O) groups is 2. The molecular formula is C16H30N2O3. The third kappa shape index (κ3) is 5.30. The highest BCUT2D eigenvalue weighted by Crippen LogP contribution is 2.27. The van der Waals surface area contributed by atoms with Crippen molar-refractivity contribution in [2.45, 2.75) is 71.4 Å². The number of likely N-dealkylation sites (tertiary alicyclic amines) is 1. The van der Waals surface area contributed by atoms with Crippen LogP contribution in [0.4, 0.5) is 0 Å². The Kier molecular flexibility index (Phi) is 6.65. The van der Waals surface area contributed by atoms with Gasteiger partial charge in [-0.2, -0.15) is 0 Å². The summed E-state index contributed by atoms with van der Waals surface area (Å²) in [6, 6.07) is 0.140. The Morgan fingerprint density at radius 1 is 1.24 bits per heavy atom. The van der Waals surface area contributed by atoms with Crippen LogP contribution >= 0.6 is 0 Å². The van der Waals surface area contributed by atoms with Gasteiger partial charge in [0.25, 0.3) is 0 Å². The fourth-order valence-electron chi connectivity index (χ4n) is 2.82. The first-order valence-electron chi connectivity index (χ1n) is 8.03. The predicted molar refractivity (Wildman–Crippen MR) is 83.1 cm³/mol. The maximum Gasteiger partial charge on any atom is 0.323 e. The third-order valence-electron chi connectivity index (χ3n) is 4.42. The first-order valence-corrected chi connectivity index (χ1v) is 8.03. The molecule has 1 amide bonds. The van der Waals surface area contributed by atoms with Crippen LogP contribution in [-0.2, 0) is 9.59 Å². The van der Waals surface area contributed by atoms with Gasteiger partial charge in [-0.1, -0.05) is 13.8 Å². The number of carboxylic acid groups (broad SMARTS) is 1. The van der Waals surface area contributed by atoms with Gasteiger partial charge in [-0.25, -0.2) is 0 Å². The van der Waals surface area contributed by atoms with Crippen LogP contribution in [0.25, 0.3) is 0 Å². The summed E-state index contributed by atoms with van der Waals surface area (Å²) in [6.07, 6.45) is 4.51. The Hall–Kier alpha value is -1.10. The lowest BCUT2D eigenvalue weighted by atomic mass is 9.88. The zero-order valence-corrected chi connectivity index (χ0v) is 13.8. The van der Waals surface area contributed by atoms with E-state index in [0.29, 0.717) is 18.9 Å². The van der Waals surface area contributed by atoms with E-state index in [1.807, 2.05) is 11.8 Å². The second-order valence-corrected chi connectivity index (χ2v) is 6.90. The van der Waals surface area contributed by atoms with Crippen molar-refractivity contribution in [3.63, 3.8) is 0 Å². The van der Waals surface area contributed by atoms with Crippen molar-refractivity contribution in [1.29, 1.82) is 0 Å². The van der Waals surface area contributed by atoms with Crippen molar-refractivity contribution in [3.8, 4) is 0 Å². The molecule has 1 aliphatic rings. The van der Waals surface area contributed by atoms with Gasteiger partial charge < -0.3 is 10.4 Å². The van der Waals surface area contributed by atoms with Gasteiger partial charge in [0.05, 0.1) is 6.54 Å². The molecule has 1 saturated heterocycles. The van der Waals surface area contributed by atoms with Crippen LogP contribution in [0, 0.1) is 5.92 Å². The van der Waals surface area contributed by atoms with Crippen LogP contribution in [0.5, 0.6) is 0 Å². The van der Waals surface area contributed by atoms with Crippen molar-refractivity contribution in [3.05, 3.63) is 0 Å². The molecule has 0 aromatic heterocycles. The summed E-state index contributed by atoms with van der Waals surface area (Å²) >= 11 is 0. The van der Waals surface area contributed by atoms with Gasteiger partial charge in [-0.15, -0.1) is 0 Å². The number of hydrogen-bond donors (Lipinski definition) is 2. The van der Waals surface area contributed by atoms with E-state index < -0.39 is 11.5 Å². The van der Waals surface area contributed by atoms with Gasteiger partial charge in [-0.3, -0.25) is 14.5 Å². The van der Waals surface area contributed by atoms with Gasteiger partial charge in [0.1, 0.15) is 5.54 Å². The zero-order chi connectivity index (χ0) is 16.0. The molecule has 0 spiro atoms. The fraction of sp³-hybridized carbons (Fsp3) is 0.875. The highest BCUT2D eigenvalue weighted by Gasteiger charge is 2.41. The monoisotopic (exact) mass is 298 g/mol. The van der Waals surface area contributed by atoms with Crippen LogP contribution in [0.3, 0.4) is 0 Å². The summed E-state index contributed by atoms with van der Waals surface area (Å²) < 4.78 is 0. The lowest BCUT2D eigenvalue weighted by Crippen LogP contribution is -2.58. The Morgan fingerprint density at radius 3 is 2.48 bits per heavy atom. The molecule has 0 aliphatic carbocycles. The molecule has 1 rings (SSSR count). The van der Waals surface area contributed by atoms with E-state index in [0.717, 1.165) is 25.7 Å². The standard InChI is InChI=1S/C16H30N2O3/c1-12(2)7-8-13(3)17-14(19)11-18-10-6-5-9-16(18,4)15(20)21/h12-13H,5-11H2,1-4H3,(H,17,19)(H,20,21). The molecule has 0 saturated carbocycles. The van der Waals surface area contributed by atoms with Gasteiger partial charge in [-0.05, 0) is 58.4 Å². The summed E-state index contributed by atoms with van der Waals surface area (Å²) in [5.41, 5.74) is -0.906. The maximum atomic E-state index is 12.1. The van der Waals surface area contributed by atoms with E-state index in [4.69, 9.17) is 0 Å². The van der Waals surface area contributed by atoms with E-state index in [1.54, 1.807) is 6.92 Å². The molecule has 1 aliphatic heterocycles. The number of hydrogen-bond acceptors (Lipinski definition) is 3. The maximum absolute atomic E-state index is 12.1. The van der Waals surface area contributed by atoms with Crippen molar-refractivity contribution >= 4 is 11.9 Å². The Balaban J connectivity index is 2.50. The minimum Gasteiger partial charge on any atom is -0.480 e. The smallest absolute Gasteiger partial charge is 0.323 e. The lowest BCUT2D eigenvalue weighted by molar-refractivity contribution is -0.153. The lowest BCUT2D eigenvalue weighted by Gasteiger charge is -2.41. The minimum atomic E-state index is -0.906. The van der Waals surface area contributed by atoms with Gasteiger partial charge in [0.2, 0.25) is 5.91 Å². The number of carboxylic acids is 1. The molecule has 1 heterocycles. The Bertz CT molecular complexity index is 371. The van der Waals surface area contributed by atoms with E-state index in [2.05, 4.69) is 19.2 Å². The zero-order valence-electron chi connectivity index (χ0n) is 13.8. The number of carbonyl (C=O) groups excluding carboxylic acids is 1. The summed E-state index contributed by atoms with van der Waals surface area (Å²) in [6.45, 7) is 8.92. The fourth-order valence-corrected chi connectivity index (χ4v) is 2.82. The van der Waals surface area contributed by atoms with Crippen LogP contribution < -0.4 is 5.32 Å². The molecule has 0 bridgehead atoms. The third-order valence-corrected chi connectivity index (χ3v) is 4.42. The molecule has 0 aromatic rings. The quantitative estimate of drug-likeness (QED) is 0.756. The molecule has 2 atom stereocenters. The predicted octanol–water partition coefficient (Wildman–Crippen LogP) is 2.26. The van der Waals surface area contributed by atoms with Crippen LogP contribution in [0.15, 0.2) is 0 Å². The molecule has 122 valence electrons. The molecular weight excluding hydrogens is 268 g/mol. The molecule has 5 nitrogen and oxygen atoms in total. The average Bonchev–Trinajstić information content (AvgIpc) is 2.39. The Labute approximate surface area is 128 Å². The molecule has 21 heavy (non-hydrogen) atoms. The van der Waals surface area contributed by atoms with Crippen LogP contribution in [-0.4, -0.2) is 46.6 Å². The van der Waals surface area contributed by atoms with Gasteiger partial charge in [0.15, 0.2) is 0 Å². The molecule has 0 radical (unpaired) electrons. The summed E-state index contributed by atoms with van der Waals surface area (Å²) in [4.78, 5) is 25.4. The molecule has 2 N–H and O–H groups in total. The second kappa shape index (κ2) is 7.78. The topological polar surface area (TPSA) is 69.6 Å². The number of nitrogens with zero attached hydrogens (tertiary/aromatic N) is 1. The Morgan fingerprint density at radius 2 is 1.90 bits per heavy atom. The van der Waals surface area contributed by atoms with E-state index in [-0.39, 0.29) is 18.5 Å². The summed E-state index contributed by atoms with van der Waals surface area (Å²) in [5.74, 6) is -0.273. The first-order chi connectivity index (χ1) is 9.75. The molecule has 1 fully saturated rings. The van der Waals surface area contributed by atoms with Crippen molar-refractivity contribution in [1.82, 2.24) is 10.2 Å². The minimum absolute atomic E-state index is 0.0689. The SMILES string of the molecule is CC(C)CCC(C)NC(=O)CN1CCCCC1(C)C(=O)O. The largest absolute Gasteiger partial charge is 0.480 e. The normalized spacial score (nSPS) is 24.8. The first kappa shape index (κ1) is 18.0. The number of nitrogens with one attached hydrogen (secondary N) is 1.